The Morgan fingerprint density at radius 2 is 1.80 bits per heavy atom. The van der Waals surface area contributed by atoms with Gasteiger partial charge in [-0.05, 0) is 38.8 Å². The van der Waals surface area contributed by atoms with Crippen LogP contribution in [0.15, 0.2) is 0 Å². The van der Waals surface area contributed by atoms with E-state index in [0.717, 1.165) is 52.0 Å². The highest BCUT2D eigenvalue weighted by molar-refractivity contribution is 4.92. The summed E-state index contributed by atoms with van der Waals surface area (Å²) in [4.78, 5) is 7.34. The van der Waals surface area contributed by atoms with E-state index in [2.05, 4.69) is 42.6 Å². The van der Waals surface area contributed by atoms with Crippen molar-refractivity contribution in [2.45, 2.75) is 45.3 Å². The van der Waals surface area contributed by atoms with Gasteiger partial charge in [-0.3, -0.25) is 9.80 Å². The molecule has 0 spiro atoms. The second-order valence-corrected chi connectivity index (χ2v) is 7.72. The van der Waals surface area contributed by atoms with E-state index in [9.17, 15) is 5.11 Å². The predicted molar refractivity (Wildman–Crippen MR) is 84.0 cm³/mol. The van der Waals surface area contributed by atoms with Crippen LogP contribution in [0.3, 0.4) is 0 Å². The van der Waals surface area contributed by atoms with Gasteiger partial charge in [0.2, 0.25) is 0 Å². The largest absolute Gasteiger partial charge is 0.391 e. The van der Waals surface area contributed by atoms with E-state index in [0.29, 0.717) is 11.5 Å². The van der Waals surface area contributed by atoms with E-state index in [1.807, 2.05) is 0 Å². The molecule has 1 heterocycles. The van der Waals surface area contributed by atoms with E-state index in [1.165, 1.54) is 6.54 Å². The highest BCUT2D eigenvalue weighted by Gasteiger charge is 2.37. The number of aliphatic hydroxyl groups excluding tert-OH is 1. The lowest BCUT2D eigenvalue weighted by Gasteiger charge is -2.47. The van der Waals surface area contributed by atoms with Gasteiger partial charge in [-0.25, -0.2) is 0 Å². The van der Waals surface area contributed by atoms with Crippen LogP contribution in [0.1, 0.15) is 33.1 Å². The van der Waals surface area contributed by atoms with Crippen molar-refractivity contribution in [1.29, 1.82) is 0 Å². The normalized spacial score (nSPS) is 32.7. The Morgan fingerprint density at radius 1 is 1.15 bits per heavy atom. The maximum Gasteiger partial charge on any atom is 0.0695 e. The molecule has 0 aromatic rings. The van der Waals surface area contributed by atoms with Gasteiger partial charge in [0.15, 0.2) is 0 Å². The van der Waals surface area contributed by atoms with Crippen molar-refractivity contribution in [2.24, 2.45) is 5.41 Å². The molecule has 0 radical (unpaired) electrons. The summed E-state index contributed by atoms with van der Waals surface area (Å²) >= 11 is 0. The molecule has 2 aliphatic rings. The molecule has 2 atom stereocenters. The van der Waals surface area contributed by atoms with E-state index in [1.54, 1.807) is 0 Å². The molecule has 1 N–H and O–H groups in total. The third-order valence-electron chi connectivity index (χ3n) is 5.06. The molecule has 0 amide bonds. The standard InChI is InChI=1S/C16H33N3O/c1-16(2)6-5-15(20)14(13-16)19-11-9-18(10-12-19)8-7-17(3)4/h14-15,20H,5-13H2,1-4H3. The first-order chi connectivity index (χ1) is 9.37. The van der Waals surface area contributed by atoms with Gasteiger partial charge in [-0.2, -0.15) is 0 Å². The van der Waals surface area contributed by atoms with Crippen LogP contribution in [-0.4, -0.2) is 85.3 Å². The summed E-state index contributed by atoms with van der Waals surface area (Å²) in [7, 11) is 4.27. The molecule has 118 valence electrons. The van der Waals surface area contributed by atoms with Crippen LogP contribution in [0.4, 0.5) is 0 Å². The van der Waals surface area contributed by atoms with E-state index in [-0.39, 0.29) is 6.10 Å². The van der Waals surface area contributed by atoms with Crippen LogP contribution >= 0.6 is 0 Å². The molecule has 1 saturated heterocycles. The fourth-order valence-electron chi connectivity index (χ4n) is 3.57. The lowest BCUT2D eigenvalue weighted by molar-refractivity contribution is -0.0340. The molecule has 2 fully saturated rings. The lowest BCUT2D eigenvalue weighted by atomic mass is 9.73. The molecule has 2 rings (SSSR count). The number of likely N-dealkylation sites (N-methyl/N-ethyl adjacent to an activating group) is 1. The van der Waals surface area contributed by atoms with Crippen LogP contribution in [0.25, 0.3) is 0 Å². The summed E-state index contributed by atoms with van der Waals surface area (Å²) in [6.45, 7) is 11.5. The van der Waals surface area contributed by atoms with Crippen molar-refractivity contribution in [3.05, 3.63) is 0 Å². The van der Waals surface area contributed by atoms with Crippen LogP contribution in [-0.2, 0) is 0 Å². The number of rotatable bonds is 4. The summed E-state index contributed by atoms with van der Waals surface area (Å²) in [5.41, 5.74) is 0.395. The molecule has 1 saturated carbocycles. The average molecular weight is 283 g/mol. The van der Waals surface area contributed by atoms with Crippen LogP contribution in [0, 0.1) is 5.41 Å². The second-order valence-electron chi connectivity index (χ2n) is 7.72. The third kappa shape index (κ3) is 4.42. The highest BCUT2D eigenvalue weighted by Crippen LogP contribution is 2.37. The molecule has 2 unspecified atom stereocenters. The smallest absolute Gasteiger partial charge is 0.0695 e. The zero-order valence-corrected chi connectivity index (χ0v) is 13.8. The van der Waals surface area contributed by atoms with Crippen LogP contribution in [0.5, 0.6) is 0 Å². The Hall–Kier alpha value is -0.160. The predicted octanol–water partition coefficient (Wildman–Crippen LogP) is 1.11. The average Bonchev–Trinajstić information content (AvgIpc) is 2.40. The maximum absolute atomic E-state index is 10.3. The monoisotopic (exact) mass is 283 g/mol. The van der Waals surface area contributed by atoms with E-state index >= 15 is 0 Å². The Morgan fingerprint density at radius 3 is 2.40 bits per heavy atom. The van der Waals surface area contributed by atoms with Crippen molar-refractivity contribution in [3.8, 4) is 0 Å². The zero-order chi connectivity index (χ0) is 14.8. The number of nitrogens with zero attached hydrogens (tertiary/aromatic N) is 3. The fraction of sp³-hybridized carbons (Fsp3) is 1.00. The number of hydrogen-bond donors (Lipinski definition) is 1. The van der Waals surface area contributed by atoms with Crippen molar-refractivity contribution in [1.82, 2.24) is 14.7 Å². The van der Waals surface area contributed by atoms with Gasteiger partial charge in [-0.1, -0.05) is 13.8 Å². The van der Waals surface area contributed by atoms with E-state index in [4.69, 9.17) is 0 Å². The zero-order valence-electron chi connectivity index (χ0n) is 13.8. The second kappa shape index (κ2) is 6.73. The molecule has 0 aromatic carbocycles. The minimum Gasteiger partial charge on any atom is -0.391 e. The topological polar surface area (TPSA) is 30.0 Å². The van der Waals surface area contributed by atoms with Gasteiger partial charge >= 0.3 is 0 Å². The Balaban J connectivity index is 1.80. The van der Waals surface area contributed by atoms with Crippen LogP contribution in [0.2, 0.25) is 0 Å². The molecule has 4 nitrogen and oxygen atoms in total. The molecule has 0 bridgehead atoms. The quantitative estimate of drug-likeness (QED) is 0.837. The van der Waals surface area contributed by atoms with E-state index < -0.39 is 0 Å². The molecular weight excluding hydrogens is 250 g/mol. The molecular formula is C16H33N3O. The number of aliphatic hydroxyl groups is 1. The molecule has 0 aromatic heterocycles. The molecule has 1 aliphatic heterocycles. The molecule has 4 heteroatoms. The van der Waals surface area contributed by atoms with Gasteiger partial charge in [0, 0.05) is 45.3 Å². The number of piperazine rings is 1. The number of hydrogen-bond acceptors (Lipinski definition) is 4. The van der Waals surface area contributed by atoms with Crippen molar-refractivity contribution in [2.75, 3.05) is 53.4 Å². The summed E-state index contributed by atoms with van der Waals surface area (Å²) in [6, 6.07) is 0.384. The Kier molecular flexibility index (Phi) is 5.46. The maximum atomic E-state index is 10.3. The summed E-state index contributed by atoms with van der Waals surface area (Å²) in [5, 5.41) is 10.3. The summed E-state index contributed by atoms with van der Waals surface area (Å²) in [6.07, 6.45) is 3.16. The first kappa shape index (κ1) is 16.2. The third-order valence-corrected chi connectivity index (χ3v) is 5.06. The Bertz CT molecular complexity index is 298. The summed E-state index contributed by atoms with van der Waals surface area (Å²) < 4.78 is 0. The molecule has 1 aliphatic carbocycles. The van der Waals surface area contributed by atoms with Crippen molar-refractivity contribution >= 4 is 0 Å². The Labute approximate surface area is 124 Å². The SMILES string of the molecule is CN(C)CCN1CCN(C2CC(C)(C)CCC2O)CC1. The van der Waals surface area contributed by atoms with Gasteiger partial charge in [0.05, 0.1) is 6.10 Å². The fourth-order valence-corrected chi connectivity index (χ4v) is 3.57. The minimum absolute atomic E-state index is 0.114. The van der Waals surface area contributed by atoms with Gasteiger partial charge in [-0.15, -0.1) is 0 Å². The van der Waals surface area contributed by atoms with Crippen molar-refractivity contribution < 1.29 is 5.11 Å². The van der Waals surface area contributed by atoms with Crippen molar-refractivity contribution in [3.63, 3.8) is 0 Å². The first-order valence-corrected chi connectivity index (χ1v) is 8.17. The van der Waals surface area contributed by atoms with Gasteiger partial charge < -0.3 is 10.0 Å². The minimum atomic E-state index is -0.114. The molecule has 20 heavy (non-hydrogen) atoms. The highest BCUT2D eigenvalue weighted by atomic mass is 16.3. The first-order valence-electron chi connectivity index (χ1n) is 8.17. The summed E-state index contributed by atoms with van der Waals surface area (Å²) in [5.74, 6) is 0. The lowest BCUT2D eigenvalue weighted by Crippen LogP contribution is -2.56. The van der Waals surface area contributed by atoms with Gasteiger partial charge in [0.1, 0.15) is 0 Å². The van der Waals surface area contributed by atoms with Gasteiger partial charge in [0.25, 0.3) is 0 Å². The van der Waals surface area contributed by atoms with Crippen LogP contribution < -0.4 is 0 Å².